The van der Waals surface area contributed by atoms with Gasteiger partial charge >= 0.3 is 0 Å². The van der Waals surface area contributed by atoms with Crippen molar-refractivity contribution in [3.8, 4) is 11.5 Å². The van der Waals surface area contributed by atoms with Crippen molar-refractivity contribution in [1.29, 1.82) is 0 Å². The van der Waals surface area contributed by atoms with E-state index in [1.54, 1.807) is 19.1 Å². The minimum Gasteiger partial charge on any atom is -0.454 e. The van der Waals surface area contributed by atoms with E-state index in [-0.39, 0.29) is 12.6 Å². The number of hydrogen-bond acceptors (Lipinski definition) is 3. The SMILES string of the molecule is C/C=C/Cc1c(C(C)=O)ccc2c1OCO2. The predicted octanol–water partition coefficient (Wildman–Crippen LogP) is 2.74. The standard InChI is InChI=1S/C13H14O3/c1-3-4-5-11-10(9(2)14)6-7-12-13(11)16-8-15-12/h3-4,6-7H,5,8H2,1-2H3/b4-3+. The summed E-state index contributed by atoms with van der Waals surface area (Å²) < 4.78 is 10.7. The zero-order chi connectivity index (χ0) is 11.5. The Labute approximate surface area is 94.7 Å². The zero-order valence-corrected chi connectivity index (χ0v) is 9.45. The van der Waals surface area contributed by atoms with Gasteiger partial charge in [-0.15, -0.1) is 0 Å². The molecule has 0 aromatic heterocycles. The molecular weight excluding hydrogens is 204 g/mol. The molecule has 2 rings (SSSR count). The van der Waals surface area contributed by atoms with Crippen molar-refractivity contribution in [3.05, 3.63) is 35.4 Å². The van der Waals surface area contributed by atoms with Gasteiger partial charge in [-0.3, -0.25) is 4.79 Å². The van der Waals surface area contributed by atoms with Crippen LogP contribution in [-0.2, 0) is 6.42 Å². The number of benzene rings is 1. The number of rotatable bonds is 3. The van der Waals surface area contributed by atoms with Gasteiger partial charge in [0.15, 0.2) is 17.3 Å². The Morgan fingerprint density at radius 2 is 2.25 bits per heavy atom. The van der Waals surface area contributed by atoms with E-state index in [1.807, 2.05) is 19.1 Å². The highest BCUT2D eigenvalue weighted by molar-refractivity contribution is 5.96. The molecule has 0 fully saturated rings. The summed E-state index contributed by atoms with van der Waals surface area (Å²) in [5.41, 5.74) is 1.63. The number of ether oxygens (including phenoxy) is 2. The quantitative estimate of drug-likeness (QED) is 0.578. The number of Topliss-reactive ketones (excluding diaryl/α,β-unsaturated/α-hetero) is 1. The minimum atomic E-state index is 0.0535. The number of carbonyl (C=O) groups excluding carboxylic acids is 1. The van der Waals surface area contributed by atoms with Gasteiger partial charge in [-0.05, 0) is 32.4 Å². The Kier molecular flexibility index (Phi) is 2.95. The molecule has 3 heteroatoms. The largest absolute Gasteiger partial charge is 0.454 e. The Morgan fingerprint density at radius 1 is 1.44 bits per heavy atom. The summed E-state index contributed by atoms with van der Waals surface area (Å²) in [6.07, 6.45) is 4.65. The highest BCUT2D eigenvalue weighted by Crippen LogP contribution is 2.38. The van der Waals surface area contributed by atoms with Gasteiger partial charge in [-0.2, -0.15) is 0 Å². The zero-order valence-electron chi connectivity index (χ0n) is 9.45. The number of fused-ring (bicyclic) bond motifs is 1. The van der Waals surface area contributed by atoms with E-state index >= 15 is 0 Å². The molecule has 0 atom stereocenters. The number of carbonyl (C=O) groups is 1. The second kappa shape index (κ2) is 4.39. The third-order valence-corrected chi connectivity index (χ3v) is 2.58. The first-order valence-corrected chi connectivity index (χ1v) is 5.27. The molecule has 84 valence electrons. The van der Waals surface area contributed by atoms with E-state index in [4.69, 9.17) is 9.47 Å². The summed E-state index contributed by atoms with van der Waals surface area (Å²) in [7, 11) is 0. The van der Waals surface area contributed by atoms with E-state index in [9.17, 15) is 4.79 Å². The fourth-order valence-electron chi connectivity index (χ4n) is 1.80. The molecule has 0 spiro atoms. The molecular formula is C13H14O3. The molecule has 0 bridgehead atoms. The summed E-state index contributed by atoms with van der Waals surface area (Å²) >= 11 is 0. The Hall–Kier alpha value is -1.77. The molecule has 1 aromatic carbocycles. The lowest BCUT2D eigenvalue weighted by molar-refractivity contribution is 0.101. The van der Waals surface area contributed by atoms with Gasteiger partial charge in [0.2, 0.25) is 6.79 Å². The minimum absolute atomic E-state index is 0.0535. The number of ketones is 1. The van der Waals surface area contributed by atoms with Crippen molar-refractivity contribution in [2.75, 3.05) is 6.79 Å². The summed E-state index contributed by atoms with van der Waals surface area (Å²) in [5.74, 6) is 1.49. The van der Waals surface area contributed by atoms with Crippen LogP contribution in [0.1, 0.15) is 29.8 Å². The maximum Gasteiger partial charge on any atom is 0.231 e. The van der Waals surface area contributed by atoms with Gasteiger partial charge in [-0.25, -0.2) is 0 Å². The van der Waals surface area contributed by atoms with Gasteiger partial charge in [-0.1, -0.05) is 12.2 Å². The first-order chi connectivity index (χ1) is 7.74. The molecule has 1 aromatic rings. The van der Waals surface area contributed by atoms with Crippen LogP contribution >= 0.6 is 0 Å². The van der Waals surface area contributed by atoms with Crippen molar-refractivity contribution in [2.45, 2.75) is 20.3 Å². The topological polar surface area (TPSA) is 35.5 Å². The molecule has 0 N–H and O–H groups in total. The lowest BCUT2D eigenvalue weighted by Gasteiger charge is -2.08. The highest BCUT2D eigenvalue weighted by atomic mass is 16.7. The molecule has 3 nitrogen and oxygen atoms in total. The van der Waals surface area contributed by atoms with E-state index < -0.39 is 0 Å². The van der Waals surface area contributed by atoms with Crippen LogP contribution in [0.2, 0.25) is 0 Å². The average molecular weight is 218 g/mol. The van der Waals surface area contributed by atoms with Crippen LogP contribution in [0.3, 0.4) is 0 Å². The van der Waals surface area contributed by atoms with Crippen LogP contribution in [0.5, 0.6) is 11.5 Å². The fraction of sp³-hybridized carbons (Fsp3) is 0.308. The fourth-order valence-corrected chi connectivity index (χ4v) is 1.80. The van der Waals surface area contributed by atoms with Crippen LogP contribution in [0.4, 0.5) is 0 Å². The van der Waals surface area contributed by atoms with E-state index in [0.29, 0.717) is 17.7 Å². The Balaban J connectivity index is 2.50. The van der Waals surface area contributed by atoms with Gasteiger partial charge in [0.25, 0.3) is 0 Å². The summed E-state index contributed by atoms with van der Waals surface area (Å²) in [5, 5.41) is 0. The summed E-state index contributed by atoms with van der Waals surface area (Å²) in [4.78, 5) is 11.5. The molecule has 0 aliphatic carbocycles. The predicted molar refractivity (Wildman–Crippen MR) is 61.1 cm³/mol. The third kappa shape index (κ3) is 1.81. The van der Waals surface area contributed by atoms with Crippen LogP contribution in [-0.4, -0.2) is 12.6 Å². The second-order valence-electron chi connectivity index (χ2n) is 3.65. The highest BCUT2D eigenvalue weighted by Gasteiger charge is 2.21. The first-order valence-electron chi connectivity index (χ1n) is 5.27. The molecule has 0 radical (unpaired) electrons. The van der Waals surface area contributed by atoms with E-state index in [2.05, 4.69) is 0 Å². The van der Waals surface area contributed by atoms with Crippen LogP contribution in [0.25, 0.3) is 0 Å². The van der Waals surface area contributed by atoms with Crippen molar-refractivity contribution in [2.24, 2.45) is 0 Å². The van der Waals surface area contributed by atoms with Crippen LogP contribution < -0.4 is 9.47 Å². The maximum absolute atomic E-state index is 11.5. The lowest BCUT2D eigenvalue weighted by atomic mass is 10.00. The van der Waals surface area contributed by atoms with Gasteiger partial charge in [0.05, 0.1) is 0 Å². The average Bonchev–Trinajstić information content (AvgIpc) is 2.73. The van der Waals surface area contributed by atoms with Crippen molar-refractivity contribution in [3.63, 3.8) is 0 Å². The monoisotopic (exact) mass is 218 g/mol. The molecule has 0 saturated heterocycles. The first kappa shape index (κ1) is 10.7. The Morgan fingerprint density at radius 3 is 2.94 bits per heavy atom. The summed E-state index contributed by atoms with van der Waals surface area (Å²) in [6.45, 7) is 3.75. The molecule has 0 amide bonds. The van der Waals surface area contributed by atoms with Gasteiger partial charge in [0.1, 0.15) is 0 Å². The lowest BCUT2D eigenvalue weighted by Crippen LogP contribution is -2.00. The van der Waals surface area contributed by atoms with Crippen molar-refractivity contribution < 1.29 is 14.3 Å². The Bertz CT molecular complexity index is 447. The number of hydrogen-bond donors (Lipinski definition) is 0. The van der Waals surface area contributed by atoms with E-state index in [0.717, 1.165) is 11.3 Å². The van der Waals surface area contributed by atoms with Crippen molar-refractivity contribution in [1.82, 2.24) is 0 Å². The van der Waals surface area contributed by atoms with Crippen LogP contribution in [0.15, 0.2) is 24.3 Å². The van der Waals surface area contributed by atoms with Crippen molar-refractivity contribution >= 4 is 5.78 Å². The molecule has 0 unspecified atom stereocenters. The van der Waals surface area contributed by atoms with Gasteiger partial charge < -0.3 is 9.47 Å². The van der Waals surface area contributed by atoms with E-state index in [1.165, 1.54) is 0 Å². The van der Waals surface area contributed by atoms with Crippen LogP contribution in [0, 0.1) is 0 Å². The second-order valence-corrected chi connectivity index (χ2v) is 3.65. The summed E-state index contributed by atoms with van der Waals surface area (Å²) in [6, 6.07) is 3.59. The van der Waals surface area contributed by atoms with Gasteiger partial charge in [0, 0.05) is 11.1 Å². The number of allylic oxidation sites excluding steroid dienone is 2. The molecule has 1 aliphatic heterocycles. The molecule has 0 saturated carbocycles. The molecule has 1 heterocycles. The molecule has 16 heavy (non-hydrogen) atoms. The molecule has 1 aliphatic rings. The normalized spacial score (nSPS) is 13.4. The maximum atomic E-state index is 11.5. The smallest absolute Gasteiger partial charge is 0.231 e. The third-order valence-electron chi connectivity index (χ3n) is 2.58.